The van der Waals surface area contributed by atoms with Crippen LogP contribution in [0.4, 0.5) is 8.78 Å². The molecule has 0 fully saturated rings. The van der Waals surface area contributed by atoms with Gasteiger partial charge in [0, 0.05) is 17.6 Å². The Morgan fingerprint density at radius 3 is 2.58 bits per heavy atom. The first-order chi connectivity index (χ1) is 16.0. The van der Waals surface area contributed by atoms with Crippen LogP contribution >= 0.6 is 0 Å². The zero-order chi connectivity index (χ0) is 22.9. The van der Waals surface area contributed by atoms with Gasteiger partial charge in [0.25, 0.3) is 0 Å². The molecule has 3 aromatic heterocycles. The van der Waals surface area contributed by atoms with Crippen LogP contribution in [0, 0.1) is 11.6 Å². The van der Waals surface area contributed by atoms with Crippen molar-refractivity contribution in [2.24, 2.45) is 0 Å². The molecule has 0 spiro atoms. The number of nitrogens with zero attached hydrogens (tertiary/aromatic N) is 6. The minimum atomic E-state index is -0.482. The van der Waals surface area contributed by atoms with E-state index in [1.807, 2.05) is 0 Å². The molecular formula is C23H18F2N6O2. The first-order valence-corrected chi connectivity index (χ1v) is 10.2. The smallest absolute Gasteiger partial charge is 0.353 e. The first-order valence-electron chi connectivity index (χ1n) is 10.2. The van der Waals surface area contributed by atoms with Crippen molar-refractivity contribution in [2.45, 2.75) is 13.5 Å². The molecule has 0 bridgehead atoms. The van der Waals surface area contributed by atoms with Crippen molar-refractivity contribution >= 4 is 10.9 Å². The number of ether oxygens (including phenoxy) is 1. The van der Waals surface area contributed by atoms with E-state index in [9.17, 15) is 13.6 Å². The SMILES string of the molecule is CCOc1nn(-c2cccc3nn(-c4cncc(F)c4)cc23)c(=O)n1Cc1ccc(F)cc1. The largest absolute Gasteiger partial charge is 0.464 e. The highest BCUT2D eigenvalue weighted by atomic mass is 19.1. The molecule has 0 amide bonds. The second-order valence-electron chi connectivity index (χ2n) is 7.27. The molecule has 0 saturated carbocycles. The minimum Gasteiger partial charge on any atom is -0.464 e. The number of fused-ring (bicyclic) bond motifs is 1. The van der Waals surface area contributed by atoms with Gasteiger partial charge in [0.2, 0.25) is 0 Å². The first kappa shape index (κ1) is 20.6. The Morgan fingerprint density at radius 2 is 1.82 bits per heavy atom. The topological polar surface area (TPSA) is 79.8 Å². The molecule has 2 aromatic carbocycles. The van der Waals surface area contributed by atoms with Crippen LogP contribution in [0.15, 0.2) is 71.9 Å². The van der Waals surface area contributed by atoms with E-state index in [-0.39, 0.29) is 18.4 Å². The van der Waals surface area contributed by atoms with Crippen molar-refractivity contribution in [3.8, 4) is 17.4 Å². The van der Waals surface area contributed by atoms with Crippen LogP contribution < -0.4 is 10.4 Å². The number of hydrogen-bond donors (Lipinski definition) is 0. The van der Waals surface area contributed by atoms with Crippen molar-refractivity contribution in [2.75, 3.05) is 6.61 Å². The molecule has 0 radical (unpaired) electrons. The molecule has 0 atom stereocenters. The third-order valence-corrected chi connectivity index (χ3v) is 5.07. The van der Waals surface area contributed by atoms with E-state index < -0.39 is 11.5 Å². The Hall–Kier alpha value is -4.34. The average molecular weight is 448 g/mol. The molecule has 0 N–H and O–H groups in total. The lowest BCUT2D eigenvalue weighted by Crippen LogP contribution is -2.24. The molecule has 166 valence electrons. The molecule has 5 rings (SSSR count). The van der Waals surface area contributed by atoms with Crippen molar-refractivity contribution in [3.05, 3.63) is 94.8 Å². The summed E-state index contributed by atoms with van der Waals surface area (Å²) in [5.74, 6) is -0.839. The van der Waals surface area contributed by atoms with Gasteiger partial charge in [-0.2, -0.15) is 9.78 Å². The standard InChI is InChI=1S/C23H18F2N6O2/c1-2-33-22-28-31(23(32)29(22)13-15-6-8-16(24)9-7-15)21-5-3-4-20-19(21)14-30(27-20)18-10-17(25)11-26-12-18/h3-12,14H,2,13H2,1H3. The molecule has 0 saturated heterocycles. The van der Waals surface area contributed by atoms with E-state index in [4.69, 9.17) is 4.74 Å². The lowest BCUT2D eigenvalue weighted by Gasteiger charge is -2.05. The fourth-order valence-electron chi connectivity index (χ4n) is 3.55. The lowest BCUT2D eigenvalue weighted by molar-refractivity contribution is 0.296. The van der Waals surface area contributed by atoms with Gasteiger partial charge < -0.3 is 4.74 Å². The van der Waals surface area contributed by atoms with Gasteiger partial charge in [0.15, 0.2) is 0 Å². The molecule has 0 aliphatic carbocycles. The van der Waals surface area contributed by atoms with E-state index in [1.165, 1.54) is 38.3 Å². The third kappa shape index (κ3) is 3.86. The molecule has 0 aliphatic rings. The highest BCUT2D eigenvalue weighted by molar-refractivity contribution is 5.87. The summed E-state index contributed by atoms with van der Waals surface area (Å²) in [5, 5.41) is 9.50. The average Bonchev–Trinajstić information content (AvgIpc) is 3.38. The van der Waals surface area contributed by atoms with E-state index in [1.54, 1.807) is 43.5 Å². The van der Waals surface area contributed by atoms with E-state index >= 15 is 0 Å². The second-order valence-corrected chi connectivity index (χ2v) is 7.27. The summed E-state index contributed by atoms with van der Waals surface area (Å²) < 4.78 is 36.6. The van der Waals surface area contributed by atoms with Gasteiger partial charge in [-0.05, 0) is 36.8 Å². The van der Waals surface area contributed by atoms with Crippen LogP contribution in [0.2, 0.25) is 0 Å². The van der Waals surface area contributed by atoms with Crippen LogP contribution in [-0.2, 0) is 6.54 Å². The highest BCUT2D eigenvalue weighted by Crippen LogP contribution is 2.23. The normalized spacial score (nSPS) is 11.2. The summed E-state index contributed by atoms with van der Waals surface area (Å²) in [6.07, 6.45) is 4.29. The molecule has 10 heteroatoms. The Morgan fingerprint density at radius 1 is 1.00 bits per heavy atom. The van der Waals surface area contributed by atoms with Gasteiger partial charge in [-0.3, -0.25) is 4.98 Å². The number of hydrogen-bond acceptors (Lipinski definition) is 5. The van der Waals surface area contributed by atoms with E-state index in [0.717, 1.165) is 11.8 Å². The molecule has 0 unspecified atom stereocenters. The second kappa shape index (κ2) is 8.30. The van der Waals surface area contributed by atoms with Crippen molar-refractivity contribution in [1.82, 2.24) is 29.1 Å². The number of pyridine rings is 1. The molecule has 8 nitrogen and oxygen atoms in total. The minimum absolute atomic E-state index is 0.144. The third-order valence-electron chi connectivity index (χ3n) is 5.07. The summed E-state index contributed by atoms with van der Waals surface area (Å²) in [6.45, 7) is 2.27. The van der Waals surface area contributed by atoms with Crippen LogP contribution in [0.25, 0.3) is 22.3 Å². The van der Waals surface area contributed by atoms with E-state index in [2.05, 4.69) is 15.2 Å². The van der Waals surface area contributed by atoms with Gasteiger partial charge in [-0.15, -0.1) is 5.10 Å². The molecule has 0 aliphatic heterocycles. The number of benzene rings is 2. The highest BCUT2D eigenvalue weighted by Gasteiger charge is 2.19. The summed E-state index contributed by atoms with van der Waals surface area (Å²) in [6, 6.07) is 12.6. The van der Waals surface area contributed by atoms with Crippen molar-refractivity contribution in [3.63, 3.8) is 0 Å². The van der Waals surface area contributed by atoms with Gasteiger partial charge in [0.1, 0.15) is 11.6 Å². The predicted octanol–water partition coefficient (Wildman–Crippen LogP) is 3.49. The maximum absolute atomic E-state index is 13.6. The summed E-state index contributed by atoms with van der Waals surface area (Å²) >= 11 is 0. The van der Waals surface area contributed by atoms with Gasteiger partial charge in [-0.25, -0.2) is 22.8 Å². The maximum atomic E-state index is 13.6. The summed E-state index contributed by atoms with van der Waals surface area (Å²) in [5.41, 5.74) is 1.84. The van der Waals surface area contributed by atoms with Gasteiger partial charge in [-0.1, -0.05) is 18.2 Å². The molecule has 3 heterocycles. The Labute approximate surface area is 186 Å². The Kier molecular flexibility index (Phi) is 5.17. The monoisotopic (exact) mass is 448 g/mol. The molecule has 5 aromatic rings. The van der Waals surface area contributed by atoms with Gasteiger partial charge in [0.05, 0.1) is 42.4 Å². The molecule has 33 heavy (non-hydrogen) atoms. The zero-order valence-electron chi connectivity index (χ0n) is 17.5. The van der Waals surface area contributed by atoms with Crippen LogP contribution in [0.1, 0.15) is 12.5 Å². The lowest BCUT2D eigenvalue weighted by atomic mass is 10.2. The van der Waals surface area contributed by atoms with E-state index in [0.29, 0.717) is 28.9 Å². The summed E-state index contributed by atoms with van der Waals surface area (Å²) in [7, 11) is 0. The zero-order valence-corrected chi connectivity index (χ0v) is 17.5. The van der Waals surface area contributed by atoms with Crippen LogP contribution in [0.5, 0.6) is 6.01 Å². The molecular weight excluding hydrogens is 430 g/mol. The number of halogens is 2. The Bertz CT molecular complexity index is 1500. The predicted molar refractivity (Wildman–Crippen MR) is 117 cm³/mol. The fourth-order valence-corrected chi connectivity index (χ4v) is 3.55. The van der Waals surface area contributed by atoms with Crippen molar-refractivity contribution < 1.29 is 13.5 Å². The number of aromatic nitrogens is 6. The fraction of sp³-hybridized carbons (Fsp3) is 0.130. The van der Waals surface area contributed by atoms with Crippen LogP contribution in [-0.4, -0.2) is 35.7 Å². The Balaban J connectivity index is 1.62. The van der Waals surface area contributed by atoms with Crippen LogP contribution in [0.3, 0.4) is 0 Å². The number of rotatable bonds is 6. The quantitative estimate of drug-likeness (QED) is 0.397. The van der Waals surface area contributed by atoms with Crippen molar-refractivity contribution in [1.29, 1.82) is 0 Å². The van der Waals surface area contributed by atoms with Gasteiger partial charge >= 0.3 is 11.7 Å². The maximum Gasteiger partial charge on any atom is 0.353 e. The summed E-state index contributed by atoms with van der Waals surface area (Å²) in [4.78, 5) is 17.2.